The van der Waals surface area contributed by atoms with Crippen LogP contribution in [0.25, 0.3) is 16.7 Å². The Hall–Kier alpha value is -3.00. The number of fused-ring (bicyclic) bond motifs is 1. The van der Waals surface area contributed by atoms with Crippen LogP contribution in [0.15, 0.2) is 36.7 Å². The molecule has 0 radical (unpaired) electrons. The highest BCUT2D eigenvalue weighted by Crippen LogP contribution is 2.30. The third-order valence-corrected chi connectivity index (χ3v) is 5.89. The van der Waals surface area contributed by atoms with E-state index in [9.17, 15) is 4.79 Å². The van der Waals surface area contributed by atoms with Gasteiger partial charge in [0, 0.05) is 50.5 Å². The Kier molecular flexibility index (Phi) is 6.38. The van der Waals surface area contributed by atoms with Crippen LogP contribution < -0.4 is 10.2 Å². The van der Waals surface area contributed by atoms with Crippen LogP contribution in [0.4, 0.5) is 16.4 Å². The Balaban J connectivity index is 1.49. The van der Waals surface area contributed by atoms with E-state index in [1.54, 1.807) is 11.1 Å². The summed E-state index contributed by atoms with van der Waals surface area (Å²) in [6, 6.07) is 8.41. The van der Waals surface area contributed by atoms with E-state index in [0.717, 1.165) is 29.4 Å². The first kappa shape index (κ1) is 23.2. The van der Waals surface area contributed by atoms with Crippen LogP contribution in [0.5, 0.6) is 0 Å². The Bertz CT molecular complexity index is 1150. The van der Waals surface area contributed by atoms with Crippen LogP contribution in [0.1, 0.15) is 33.6 Å². The zero-order valence-corrected chi connectivity index (χ0v) is 20.6. The fourth-order valence-electron chi connectivity index (χ4n) is 4.04. The summed E-state index contributed by atoms with van der Waals surface area (Å²) in [4.78, 5) is 25.3. The molecule has 1 amide bonds. The summed E-state index contributed by atoms with van der Waals surface area (Å²) in [5, 5.41) is 5.02. The minimum Gasteiger partial charge on any atom is -0.444 e. The smallest absolute Gasteiger partial charge is 0.410 e. The van der Waals surface area contributed by atoms with Crippen LogP contribution in [0, 0.1) is 0 Å². The van der Waals surface area contributed by atoms with Gasteiger partial charge in [0.05, 0.1) is 11.7 Å². The number of anilines is 2. The molecule has 1 aliphatic heterocycles. The number of hydrogen-bond donors (Lipinski definition) is 1. The number of piperidine rings is 1. The average Bonchev–Trinajstić information content (AvgIpc) is 3.18. The van der Waals surface area contributed by atoms with Gasteiger partial charge in [0.25, 0.3) is 0 Å². The largest absolute Gasteiger partial charge is 0.444 e. The molecule has 0 aliphatic carbocycles. The molecule has 3 aromatic rings. The van der Waals surface area contributed by atoms with Crippen LogP contribution in [-0.4, -0.2) is 64.4 Å². The highest BCUT2D eigenvalue weighted by Gasteiger charge is 2.27. The summed E-state index contributed by atoms with van der Waals surface area (Å²) >= 11 is 6.50. The van der Waals surface area contributed by atoms with Gasteiger partial charge in [0.15, 0.2) is 5.82 Å². The van der Waals surface area contributed by atoms with E-state index in [0.29, 0.717) is 29.9 Å². The Labute approximate surface area is 199 Å². The van der Waals surface area contributed by atoms with E-state index in [2.05, 4.69) is 33.4 Å². The molecule has 9 heteroatoms. The summed E-state index contributed by atoms with van der Waals surface area (Å²) in [6.07, 6.45) is 4.93. The number of rotatable bonds is 4. The number of carbonyl (C=O) groups excluding carboxylic acids is 1. The van der Waals surface area contributed by atoms with Gasteiger partial charge in [-0.3, -0.25) is 4.57 Å². The van der Waals surface area contributed by atoms with Gasteiger partial charge in [-0.2, -0.15) is 4.98 Å². The summed E-state index contributed by atoms with van der Waals surface area (Å²) in [5.41, 5.74) is 1.67. The predicted octanol–water partition coefficient (Wildman–Crippen LogP) is 4.95. The first-order chi connectivity index (χ1) is 15.6. The van der Waals surface area contributed by atoms with Crippen molar-refractivity contribution in [3.05, 3.63) is 41.7 Å². The summed E-state index contributed by atoms with van der Waals surface area (Å²) < 4.78 is 7.47. The summed E-state index contributed by atoms with van der Waals surface area (Å²) in [5.74, 6) is 1.15. The molecule has 0 bridgehead atoms. The van der Waals surface area contributed by atoms with Gasteiger partial charge in [-0.15, -0.1) is 0 Å². The lowest BCUT2D eigenvalue weighted by atomic mass is 10.1. The SMILES string of the molecule is CN(C)c1cccc2c1ccn2-c1nc(NC2CCN(C(=O)OC(C)(C)C)CC2)ncc1Cl. The molecule has 1 aromatic carbocycles. The van der Waals surface area contributed by atoms with Crippen molar-refractivity contribution >= 4 is 40.2 Å². The second kappa shape index (κ2) is 9.09. The second-order valence-electron chi connectivity index (χ2n) is 9.54. The molecule has 3 heterocycles. The van der Waals surface area contributed by atoms with Gasteiger partial charge >= 0.3 is 6.09 Å². The van der Waals surface area contributed by atoms with Crippen molar-refractivity contribution in [2.75, 3.05) is 37.4 Å². The molecule has 0 spiro atoms. The zero-order chi connectivity index (χ0) is 23.8. The Morgan fingerprint density at radius 2 is 1.94 bits per heavy atom. The van der Waals surface area contributed by atoms with Crippen molar-refractivity contribution in [1.82, 2.24) is 19.4 Å². The van der Waals surface area contributed by atoms with Crippen molar-refractivity contribution in [1.29, 1.82) is 0 Å². The van der Waals surface area contributed by atoms with E-state index in [1.807, 2.05) is 51.7 Å². The third kappa shape index (κ3) is 5.16. The third-order valence-electron chi connectivity index (χ3n) is 5.63. The van der Waals surface area contributed by atoms with Crippen LogP contribution >= 0.6 is 11.6 Å². The van der Waals surface area contributed by atoms with Gasteiger partial charge in [0.1, 0.15) is 10.6 Å². The molecular formula is C24H31ClN6O2. The van der Waals surface area contributed by atoms with Crippen molar-refractivity contribution in [2.24, 2.45) is 0 Å². The number of aromatic nitrogens is 3. The topological polar surface area (TPSA) is 75.5 Å². The molecule has 1 N–H and O–H groups in total. The minimum atomic E-state index is -0.490. The molecule has 2 aromatic heterocycles. The predicted molar refractivity (Wildman–Crippen MR) is 133 cm³/mol. The average molecular weight is 471 g/mol. The lowest BCUT2D eigenvalue weighted by Crippen LogP contribution is -2.44. The number of carbonyl (C=O) groups is 1. The quantitative estimate of drug-likeness (QED) is 0.581. The molecule has 33 heavy (non-hydrogen) atoms. The van der Waals surface area contributed by atoms with Gasteiger partial charge in [-0.1, -0.05) is 17.7 Å². The van der Waals surface area contributed by atoms with E-state index in [1.165, 1.54) is 0 Å². The monoisotopic (exact) mass is 470 g/mol. The van der Waals surface area contributed by atoms with Gasteiger partial charge < -0.3 is 19.9 Å². The van der Waals surface area contributed by atoms with Crippen molar-refractivity contribution in [3.63, 3.8) is 0 Å². The standard InChI is InChI=1S/C24H31ClN6O2/c1-24(2,3)33-23(32)30-12-9-16(10-13-30)27-22-26-15-18(25)21(28-22)31-14-11-17-19(29(4)5)7-6-8-20(17)31/h6-8,11,14-16H,9-10,12-13H2,1-5H3,(H,26,27,28). The lowest BCUT2D eigenvalue weighted by Gasteiger charge is -2.33. The normalized spacial score (nSPS) is 15.0. The number of nitrogens with one attached hydrogen (secondary N) is 1. The van der Waals surface area contributed by atoms with Gasteiger partial charge in [0.2, 0.25) is 5.95 Å². The molecule has 0 unspecified atom stereocenters. The molecule has 4 rings (SSSR count). The minimum absolute atomic E-state index is 0.166. The van der Waals surface area contributed by atoms with Crippen LogP contribution in [-0.2, 0) is 4.74 Å². The number of ether oxygens (including phenoxy) is 1. The molecule has 0 saturated carbocycles. The summed E-state index contributed by atoms with van der Waals surface area (Å²) in [6.45, 7) is 6.89. The number of amides is 1. The number of halogens is 1. The molecule has 1 fully saturated rings. The second-order valence-corrected chi connectivity index (χ2v) is 9.95. The van der Waals surface area contributed by atoms with Crippen molar-refractivity contribution < 1.29 is 9.53 Å². The van der Waals surface area contributed by atoms with Crippen molar-refractivity contribution in [3.8, 4) is 5.82 Å². The van der Waals surface area contributed by atoms with Gasteiger partial charge in [-0.25, -0.2) is 9.78 Å². The number of benzene rings is 1. The molecule has 1 aliphatic rings. The lowest BCUT2D eigenvalue weighted by molar-refractivity contribution is 0.0210. The van der Waals surface area contributed by atoms with E-state index in [4.69, 9.17) is 21.3 Å². The van der Waals surface area contributed by atoms with E-state index >= 15 is 0 Å². The highest BCUT2D eigenvalue weighted by atomic mass is 35.5. The molecular weight excluding hydrogens is 440 g/mol. The molecule has 0 atom stereocenters. The fraction of sp³-hybridized carbons (Fsp3) is 0.458. The Morgan fingerprint density at radius 3 is 2.61 bits per heavy atom. The number of nitrogens with zero attached hydrogens (tertiary/aromatic N) is 5. The highest BCUT2D eigenvalue weighted by molar-refractivity contribution is 6.32. The zero-order valence-electron chi connectivity index (χ0n) is 19.8. The summed E-state index contributed by atoms with van der Waals surface area (Å²) in [7, 11) is 4.06. The Morgan fingerprint density at radius 1 is 1.21 bits per heavy atom. The maximum absolute atomic E-state index is 12.3. The maximum atomic E-state index is 12.3. The number of hydrogen-bond acceptors (Lipinski definition) is 6. The fourth-order valence-corrected chi connectivity index (χ4v) is 4.22. The first-order valence-electron chi connectivity index (χ1n) is 11.2. The van der Waals surface area contributed by atoms with Crippen molar-refractivity contribution in [2.45, 2.75) is 45.3 Å². The number of likely N-dealkylation sites (tertiary alicyclic amines) is 1. The first-order valence-corrected chi connectivity index (χ1v) is 11.5. The van der Waals surface area contributed by atoms with E-state index in [-0.39, 0.29) is 12.1 Å². The molecule has 176 valence electrons. The van der Waals surface area contributed by atoms with Crippen LogP contribution in [0.3, 0.4) is 0 Å². The maximum Gasteiger partial charge on any atom is 0.410 e. The molecule has 1 saturated heterocycles. The van der Waals surface area contributed by atoms with Crippen LogP contribution in [0.2, 0.25) is 5.02 Å². The molecule has 8 nitrogen and oxygen atoms in total. The van der Waals surface area contributed by atoms with Gasteiger partial charge in [-0.05, 0) is 51.8 Å². The van der Waals surface area contributed by atoms with E-state index < -0.39 is 5.60 Å².